The molecule has 5 heteroatoms. The van der Waals surface area contributed by atoms with Crippen LogP contribution in [0.15, 0.2) is 60.9 Å². The molecular weight excluding hydrogens is 384 g/mol. The first-order valence-corrected chi connectivity index (χ1v) is 10.4. The Kier molecular flexibility index (Phi) is 5.42. The molecule has 0 bridgehead atoms. The van der Waals surface area contributed by atoms with Crippen molar-refractivity contribution in [1.29, 1.82) is 0 Å². The second-order valence-electron chi connectivity index (χ2n) is 8.20. The molecule has 0 saturated heterocycles. The molecule has 0 aliphatic rings. The third-order valence-corrected chi connectivity index (χ3v) is 5.65. The molecular formula is C26H26N4O. The summed E-state index contributed by atoms with van der Waals surface area (Å²) in [5.74, 6) is 0.708. The van der Waals surface area contributed by atoms with E-state index in [-0.39, 0.29) is 5.91 Å². The van der Waals surface area contributed by atoms with E-state index in [9.17, 15) is 4.79 Å². The minimum Gasteiger partial charge on any atom is -0.383 e. The summed E-state index contributed by atoms with van der Waals surface area (Å²) >= 11 is 0. The lowest BCUT2D eigenvalue weighted by Gasteiger charge is -2.14. The highest BCUT2D eigenvalue weighted by atomic mass is 16.1. The van der Waals surface area contributed by atoms with Crippen molar-refractivity contribution in [2.75, 3.05) is 11.1 Å². The maximum Gasteiger partial charge on any atom is 0.255 e. The standard InChI is InChI=1S/C26H26N4O/c1-15(2)18-7-6-17(4)24(13-18)30-26(31)20-8-5-16(3)21(12-20)19-9-10-23-22(11-19)25(27)29-14-28-23/h5-15H,1-4H3,(H,30,31)(H2,27,28,29). The second-order valence-corrected chi connectivity index (χ2v) is 8.20. The number of amides is 1. The van der Waals surface area contributed by atoms with E-state index in [1.807, 2.05) is 56.3 Å². The van der Waals surface area contributed by atoms with Gasteiger partial charge in [0.1, 0.15) is 12.1 Å². The minimum atomic E-state index is -0.131. The van der Waals surface area contributed by atoms with Crippen molar-refractivity contribution in [3.8, 4) is 11.1 Å². The summed E-state index contributed by atoms with van der Waals surface area (Å²) in [5.41, 5.74) is 13.5. The van der Waals surface area contributed by atoms with Gasteiger partial charge < -0.3 is 11.1 Å². The van der Waals surface area contributed by atoms with Gasteiger partial charge >= 0.3 is 0 Å². The van der Waals surface area contributed by atoms with E-state index in [1.165, 1.54) is 11.9 Å². The highest BCUT2D eigenvalue weighted by Gasteiger charge is 2.13. The molecule has 4 aromatic rings. The summed E-state index contributed by atoms with van der Waals surface area (Å²) in [5, 5.41) is 3.88. The molecule has 0 saturated carbocycles. The molecule has 3 N–H and O–H groups in total. The van der Waals surface area contributed by atoms with E-state index in [1.54, 1.807) is 0 Å². The monoisotopic (exact) mass is 410 g/mol. The first-order valence-electron chi connectivity index (χ1n) is 10.4. The van der Waals surface area contributed by atoms with Crippen molar-refractivity contribution in [3.05, 3.63) is 83.2 Å². The average Bonchev–Trinajstić information content (AvgIpc) is 2.75. The molecule has 0 atom stereocenters. The third-order valence-electron chi connectivity index (χ3n) is 5.65. The van der Waals surface area contributed by atoms with Crippen molar-refractivity contribution >= 4 is 28.3 Å². The fourth-order valence-electron chi connectivity index (χ4n) is 3.65. The van der Waals surface area contributed by atoms with Gasteiger partial charge in [0.2, 0.25) is 0 Å². The lowest BCUT2D eigenvalue weighted by Crippen LogP contribution is -2.13. The molecule has 1 aromatic heterocycles. The van der Waals surface area contributed by atoms with Crippen molar-refractivity contribution in [3.63, 3.8) is 0 Å². The molecule has 3 aromatic carbocycles. The maximum absolute atomic E-state index is 13.1. The van der Waals surface area contributed by atoms with Gasteiger partial charge in [0.25, 0.3) is 5.91 Å². The number of aryl methyl sites for hydroxylation is 2. The van der Waals surface area contributed by atoms with Gasteiger partial charge in [0.05, 0.1) is 5.52 Å². The topological polar surface area (TPSA) is 80.9 Å². The lowest BCUT2D eigenvalue weighted by atomic mass is 9.96. The minimum absolute atomic E-state index is 0.131. The largest absolute Gasteiger partial charge is 0.383 e. The van der Waals surface area contributed by atoms with E-state index >= 15 is 0 Å². The number of nitrogens with zero attached hydrogens (tertiary/aromatic N) is 2. The van der Waals surface area contributed by atoms with Gasteiger partial charge in [0, 0.05) is 16.6 Å². The molecule has 0 radical (unpaired) electrons. The predicted molar refractivity (Wildman–Crippen MR) is 127 cm³/mol. The highest BCUT2D eigenvalue weighted by Crippen LogP contribution is 2.29. The molecule has 5 nitrogen and oxygen atoms in total. The summed E-state index contributed by atoms with van der Waals surface area (Å²) in [7, 11) is 0. The van der Waals surface area contributed by atoms with Crippen LogP contribution < -0.4 is 11.1 Å². The fraction of sp³-hybridized carbons (Fsp3) is 0.192. The molecule has 1 heterocycles. The predicted octanol–water partition coefficient (Wildman–Crippen LogP) is 5.87. The van der Waals surface area contributed by atoms with Crippen LogP contribution >= 0.6 is 0 Å². The Hall–Kier alpha value is -3.73. The highest BCUT2D eigenvalue weighted by molar-refractivity contribution is 6.05. The molecule has 0 spiro atoms. The Labute approximate surface area is 182 Å². The summed E-state index contributed by atoms with van der Waals surface area (Å²) in [6.07, 6.45) is 1.46. The Morgan fingerprint density at radius 3 is 2.48 bits per heavy atom. The van der Waals surface area contributed by atoms with Gasteiger partial charge in [-0.15, -0.1) is 0 Å². The number of rotatable bonds is 4. The summed E-state index contributed by atoms with van der Waals surface area (Å²) < 4.78 is 0. The van der Waals surface area contributed by atoms with Crippen molar-refractivity contribution in [1.82, 2.24) is 9.97 Å². The zero-order valence-corrected chi connectivity index (χ0v) is 18.2. The normalized spacial score (nSPS) is 11.1. The van der Waals surface area contributed by atoms with Crippen LogP contribution in [0.25, 0.3) is 22.0 Å². The molecule has 0 unspecified atom stereocenters. The number of hydrogen-bond acceptors (Lipinski definition) is 4. The van der Waals surface area contributed by atoms with Gasteiger partial charge in [-0.1, -0.05) is 38.1 Å². The van der Waals surface area contributed by atoms with Crippen LogP contribution in [0.1, 0.15) is 46.8 Å². The van der Waals surface area contributed by atoms with Crippen molar-refractivity contribution in [2.24, 2.45) is 0 Å². The number of aromatic nitrogens is 2. The van der Waals surface area contributed by atoms with Crippen LogP contribution in [0, 0.1) is 13.8 Å². The second kappa shape index (κ2) is 8.19. The Balaban J connectivity index is 1.69. The van der Waals surface area contributed by atoms with Gasteiger partial charge in [0.15, 0.2) is 0 Å². The molecule has 4 rings (SSSR count). The number of hydrogen-bond donors (Lipinski definition) is 2. The van der Waals surface area contributed by atoms with E-state index in [0.29, 0.717) is 17.3 Å². The number of nitrogen functional groups attached to an aromatic ring is 1. The number of carbonyl (C=O) groups is 1. The number of fused-ring (bicyclic) bond motifs is 1. The van der Waals surface area contributed by atoms with Crippen LogP contribution in [0.2, 0.25) is 0 Å². The van der Waals surface area contributed by atoms with E-state index in [4.69, 9.17) is 5.73 Å². The molecule has 31 heavy (non-hydrogen) atoms. The summed E-state index contributed by atoms with van der Waals surface area (Å²) in [6, 6.07) is 17.9. The van der Waals surface area contributed by atoms with Crippen LogP contribution in [0.4, 0.5) is 11.5 Å². The van der Waals surface area contributed by atoms with Crippen LogP contribution in [-0.4, -0.2) is 15.9 Å². The number of carbonyl (C=O) groups excluding carboxylic acids is 1. The number of benzene rings is 3. The first kappa shape index (κ1) is 20.5. The molecule has 0 aliphatic heterocycles. The van der Waals surface area contributed by atoms with Crippen LogP contribution in [0.3, 0.4) is 0 Å². The van der Waals surface area contributed by atoms with E-state index in [2.05, 4.69) is 41.3 Å². The smallest absolute Gasteiger partial charge is 0.255 e. The SMILES string of the molecule is Cc1ccc(C(C)C)cc1NC(=O)c1ccc(C)c(-c2ccc3ncnc(N)c3c2)c1. The third kappa shape index (κ3) is 4.12. The first-order chi connectivity index (χ1) is 14.8. The number of nitrogens with two attached hydrogens (primary N) is 1. The molecule has 0 aliphatic carbocycles. The molecule has 0 fully saturated rings. The zero-order valence-electron chi connectivity index (χ0n) is 18.2. The Morgan fingerprint density at radius 2 is 1.71 bits per heavy atom. The van der Waals surface area contributed by atoms with Crippen LogP contribution in [-0.2, 0) is 0 Å². The van der Waals surface area contributed by atoms with Gasteiger partial charge in [-0.3, -0.25) is 4.79 Å². The Morgan fingerprint density at radius 1 is 0.935 bits per heavy atom. The van der Waals surface area contributed by atoms with Crippen LogP contribution in [0.5, 0.6) is 0 Å². The Bertz CT molecular complexity index is 1290. The lowest BCUT2D eigenvalue weighted by molar-refractivity contribution is 0.102. The quantitative estimate of drug-likeness (QED) is 0.441. The van der Waals surface area contributed by atoms with Gasteiger partial charge in [-0.05, 0) is 77.9 Å². The van der Waals surface area contributed by atoms with Crippen molar-refractivity contribution < 1.29 is 4.79 Å². The zero-order chi connectivity index (χ0) is 22.1. The van der Waals surface area contributed by atoms with Gasteiger partial charge in [-0.25, -0.2) is 9.97 Å². The summed E-state index contributed by atoms with van der Waals surface area (Å²) in [4.78, 5) is 21.4. The van der Waals surface area contributed by atoms with E-state index in [0.717, 1.165) is 38.8 Å². The molecule has 156 valence electrons. The fourth-order valence-corrected chi connectivity index (χ4v) is 3.65. The van der Waals surface area contributed by atoms with Crippen molar-refractivity contribution in [2.45, 2.75) is 33.6 Å². The van der Waals surface area contributed by atoms with E-state index < -0.39 is 0 Å². The average molecular weight is 411 g/mol. The summed E-state index contributed by atoms with van der Waals surface area (Å²) in [6.45, 7) is 8.32. The molecule has 1 amide bonds. The number of anilines is 2. The van der Waals surface area contributed by atoms with Gasteiger partial charge in [-0.2, -0.15) is 0 Å². The maximum atomic E-state index is 13.1. The number of nitrogens with one attached hydrogen (secondary N) is 1.